The van der Waals surface area contributed by atoms with Crippen molar-refractivity contribution < 1.29 is 9.53 Å². The SMILES string of the molecule is CN(C)Cc1ccccc1CNC(=O)COc1ccc2ccccc2c1. The Hall–Kier alpha value is -2.85. The summed E-state index contributed by atoms with van der Waals surface area (Å²) in [7, 11) is 4.07. The highest BCUT2D eigenvalue weighted by molar-refractivity contribution is 5.84. The van der Waals surface area contributed by atoms with E-state index in [2.05, 4.69) is 22.3 Å². The molecule has 26 heavy (non-hydrogen) atoms. The molecule has 4 heteroatoms. The smallest absolute Gasteiger partial charge is 0.258 e. The molecule has 0 aliphatic carbocycles. The first-order valence-corrected chi connectivity index (χ1v) is 8.71. The van der Waals surface area contributed by atoms with Gasteiger partial charge in [-0.15, -0.1) is 0 Å². The Morgan fingerprint density at radius 2 is 1.62 bits per heavy atom. The van der Waals surface area contributed by atoms with Crippen LogP contribution in [-0.4, -0.2) is 31.5 Å². The molecule has 0 bridgehead atoms. The van der Waals surface area contributed by atoms with Crippen molar-refractivity contribution in [2.75, 3.05) is 20.7 Å². The van der Waals surface area contributed by atoms with Crippen LogP contribution in [0.3, 0.4) is 0 Å². The van der Waals surface area contributed by atoms with Crippen molar-refractivity contribution in [2.24, 2.45) is 0 Å². The molecule has 0 aromatic heterocycles. The van der Waals surface area contributed by atoms with Gasteiger partial charge in [-0.05, 0) is 48.1 Å². The summed E-state index contributed by atoms with van der Waals surface area (Å²) in [4.78, 5) is 14.3. The highest BCUT2D eigenvalue weighted by Crippen LogP contribution is 2.20. The van der Waals surface area contributed by atoms with Crippen LogP contribution in [0.15, 0.2) is 66.7 Å². The topological polar surface area (TPSA) is 41.6 Å². The van der Waals surface area contributed by atoms with E-state index >= 15 is 0 Å². The zero-order valence-corrected chi connectivity index (χ0v) is 15.2. The standard InChI is InChI=1S/C22H24N2O2/c1-24(2)15-20-10-6-5-9-19(20)14-23-22(25)16-26-21-12-11-17-7-3-4-8-18(17)13-21/h3-13H,14-16H2,1-2H3,(H,23,25). The third-order valence-electron chi connectivity index (χ3n) is 4.17. The lowest BCUT2D eigenvalue weighted by molar-refractivity contribution is -0.123. The fourth-order valence-corrected chi connectivity index (χ4v) is 2.88. The molecule has 0 aliphatic rings. The minimum atomic E-state index is -0.127. The maximum atomic E-state index is 12.1. The number of amides is 1. The van der Waals surface area contributed by atoms with Crippen LogP contribution in [0.2, 0.25) is 0 Å². The third-order valence-corrected chi connectivity index (χ3v) is 4.17. The first-order valence-electron chi connectivity index (χ1n) is 8.71. The first-order chi connectivity index (χ1) is 12.6. The maximum Gasteiger partial charge on any atom is 0.258 e. The van der Waals surface area contributed by atoms with Gasteiger partial charge in [0.25, 0.3) is 5.91 Å². The molecule has 0 saturated heterocycles. The molecule has 134 valence electrons. The number of hydrogen-bond acceptors (Lipinski definition) is 3. The van der Waals surface area contributed by atoms with Gasteiger partial charge in [0.1, 0.15) is 5.75 Å². The van der Waals surface area contributed by atoms with Crippen molar-refractivity contribution >= 4 is 16.7 Å². The van der Waals surface area contributed by atoms with Crippen molar-refractivity contribution in [1.29, 1.82) is 0 Å². The van der Waals surface area contributed by atoms with Crippen molar-refractivity contribution in [3.05, 3.63) is 77.9 Å². The van der Waals surface area contributed by atoms with Crippen LogP contribution in [0.25, 0.3) is 10.8 Å². The van der Waals surface area contributed by atoms with Crippen molar-refractivity contribution in [3.8, 4) is 5.75 Å². The number of nitrogens with one attached hydrogen (secondary N) is 1. The molecule has 0 aliphatic heterocycles. The van der Waals surface area contributed by atoms with Gasteiger partial charge in [-0.2, -0.15) is 0 Å². The highest BCUT2D eigenvalue weighted by atomic mass is 16.5. The second-order valence-electron chi connectivity index (χ2n) is 6.58. The van der Waals surface area contributed by atoms with Gasteiger partial charge in [-0.1, -0.05) is 54.6 Å². The molecule has 0 heterocycles. The second-order valence-corrected chi connectivity index (χ2v) is 6.58. The summed E-state index contributed by atoms with van der Waals surface area (Å²) in [5, 5.41) is 5.19. The van der Waals surface area contributed by atoms with Crippen LogP contribution in [-0.2, 0) is 17.9 Å². The van der Waals surface area contributed by atoms with E-state index in [4.69, 9.17) is 4.74 Å². The monoisotopic (exact) mass is 348 g/mol. The Balaban J connectivity index is 1.54. The zero-order valence-electron chi connectivity index (χ0n) is 15.2. The lowest BCUT2D eigenvalue weighted by Gasteiger charge is -2.15. The predicted octanol–water partition coefficient (Wildman–Crippen LogP) is 3.60. The zero-order chi connectivity index (χ0) is 18.4. The number of carbonyl (C=O) groups is 1. The number of hydrogen-bond donors (Lipinski definition) is 1. The molecule has 4 nitrogen and oxygen atoms in total. The minimum Gasteiger partial charge on any atom is -0.484 e. The minimum absolute atomic E-state index is 0.00812. The van der Waals surface area contributed by atoms with Gasteiger partial charge in [-0.25, -0.2) is 0 Å². The van der Waals surface area contributed by atoms with Gasteiger partial charge >= 0.3 is 0 Å². The molecule has 0 fully saturated rings. The highest BCUT2D eigenvalue weighted by Gasteiger charge is 2.07. The van der Waals surface area contributed by atoms with E-state index in [0.717, 1.165) is 22.9 Å². The Labute approximate surface area is 154 Å². The molecule has 0 atom stereocenters. The molecule has 3 rings (SSSR count). The van der Waals surface area contributed by atoms with E-state index in [1.54, 1.807) is 0 Å². The lowest BCUT2D eigenvalue weighted by atomic mass is 10.1. The summed E-state index contributed by atoms with van der Waals surface area (Å²) in [6.07, 6.45) is 0. The van der Waals surface area contributed by atoms with E-state index in [9.17, 15) is 4.79 Å². The van der Waals surface area contributed by atoms with Crippen molar-refractivity contribution in [1.82, 2.24) is 10.2 Å². The van der Waals surface area contributed by atoms with Crippen LogP contribution in [0.1, 0.15) is 11.1 Å². The van der Waals surface area contributed by atoms with Crippen LogP contribution < -0.4 is 10.1 Å². The molecular weight excluding hydrogens is 324 g/mol. The molecule has 0 saturated carbocycles. The van der Waals surface area contributed by atoms with Gasteiger partial charge < -0.3 is 15.0 Å². The number of fused-ring (bicyclic) bond motifs is 1. The van der Waals surface area contributed by atoms with E-state index < -0.39 is 0 Å². The fraction of sp³-hybridized carbons (Fsp3) is 0.227. The Morgan fingerprint density at radius 1 is 0.923 bits per heavy atom. The van der Waals surface area contributed by atoms with Crippen LogP contribution in [0, 0.1) is 0 Å². The molecule has 0 spiro atoms. The molecule has 0 unspecified atom stereocenters. The van der Waals surface area contributed by atoms with E-state index in [1.165, 1.54) is 5.56 Å². The quantitative estimate of drug-likeness (QED) is 0.709. The maximum absolute atomic E-state index is 12.1. The molecule has 1 amide bonds. The van der Waals surface area contributed by atoms with Gasteiger partial charge in [0.05, 0.1) is 0 Å². The molecule has 3 aromatic carbocycles. The molecule has 0 radical (unpaired) electrons. The summed E-state index contributed by atoms with van der Waals surface area (Å²) in [5.41, 5.74) is 2.34. The van der Waals surface area contributed by atoms with E-state index in [-0.39, 0.29) is 12.5 Å². The Bertz CT molecular complexity index is 890. The average molecular weight is 348 g/mol. The number of rotatable bonds is 7. The Morgan fingerprint density at radius 3 is 2.38 bits per heavy atom. The first kappa shape index (κ1) is 18.0. The fourth-order valence-electron chi connectivity index (χ4n) is 2.88. The predicted molar refractivity (Wildman–Crippen MR) is 105 cm³/mol. The second kappa shape index (κ2) is 8.50. The van der Waals surface area contributed by atoms with Gasteiger partial charge in [0.2, 0.25) is 0 Å². The van der Waals surface area contributed by atoms with Gasteiger partial charge in [0.15, 0.2) is 6.61 Å². The van der Waals surface area contributed by atoms with E-state index in [0.29, 0.717) is 12.3 Å². The largest absolute Gasteiger partial charge is 0.484 e. The molecule has 1 N–H and O–H groups in total. The number of carbonyl (C=O) groups excluding carboxylic acids is 1. The van der Waals surface area contributed by atoms with Crippen LogP contribution >= 0.6 is 0 Å². The molecular formula is C22H24N2O2. The van der Waals surface area contributed by atoms with E-state index in [1.807, 2.05) is 68.7 Å². The summed E-state index contributed by atoms with van der Waals surface area (Å²) in [5.74, 6) is 0.574. The van der Waals surface area contributed by atoms with Gasteiger partial charge in [-0.3, -0.25) is 4.79 Å². The Kier molecular flexibility index (Phi) is 5.87. The normalized spacial score (nSPS) is 10.9. The summed E-state index contributed by atoms with van der Waals surface area (Å²) in [6.45, 7) is 1.36. The number of benzene rings is 3. The summed E-state index contributed by atoms with van der Waals surface area (Å²) in [6, 6.07) is 22.1. The van der Waals surface area contributed by atoms with Crippen molar-refractivity contribution in [2.45, 2.75) is 13.1 Å². The van der Waals surface area contributed by atoms with Crippen LogP contribution in [0.4, 0.5) is 0 Å². The summed E-state index contributed by atoms with van der Waals surface area (Å²) < 4.78 is 5.64. The third kappa shape index (κ3) is 4.83. The number of nitrogens with zero attached hydrogens (tertiary/aromatic N) is 1. The van der Waals surface area contributed by atoms with Crippen LogP contribution in [0.5, 0.6) is 5.75 Å². The molecule has 3 aromatic rings. The number of ether oxygens (including phenoxy) is 1. The lowest BCUT2D eigenvalue weighted by Crippen LogP contribution is -2.29. The summed E-state index contributed by atoms with van der Waals surface area (Å²) >= 11 is 0. The van der Waals surface area contributed by atoms with Crippen molar-refractivity contribution in [3.63, 3.8) is 0 Å². The van der Waals surface area contributed by atoms with Gasteiger partial charge in [0, 0.05) is 13.1 Å². The average Bonchev–Trinajstić information content (AvgIpc) is 2.65.